The van der Waals surface area contributed by atoms with Gasteiger partial charge in [-0.15, -0.1) is 11.3 Å². The molecule has 1 saturated heterocycles. The molecule has 1 fully saturated rings. The Labute approximate surface area is 187 Å². The number of hydrogen-bond acceptors (Lipinski definition) is 5. The number of thiophene rings is 1. The lowest BCUT2D eigenvalue weighted by molar-refractivity contribution is -0.147. The molecule has 2 heterocycles. The van der Waals surface area contributed by atoms with Gasteiger partial charge in [0, 0.05) is 11.2 Å². The molecule has 0 saturated carbocycles. The van der Waals surface area contributed by atoms with Crippen molar-refractivity contribution < 1.29 is 18.6 Å². The average molecular weight is 458 g/mol. The van der Waals surface area contributed by atoms with Crippen molar-refractivity contribution in [3.05, 3.63) is 65.5 Å². The summed E-state index contributed by atoms with van der Waals surface area (Å²) in [6, 6.07) is 16.9. The second kappa shape index (κ2) is 9.99. The maximum atomic E-state index is 14.4. The molecule has 164 valence electrons. The fraction of sp³-hybridized carbons (Fsp3) is 0.375. The highest BCUT2D eigenvalue weighted by atomic mass is 32.1. The van der Waals surface area contributed by atoms with E-state index in [-0.39, 0.29) is 12.1 Å². The zero-order valence-electron chi connectivity index (χ0n) is 17.7. The topological polar surface area (TPSA) is 55.8 Å². The number of ether oxygens (including phenoxy) is 1. The molecule has 0 spiro atoms. The number of nitrogens with zero attached hydrogens (tertiary/aromatic N) is 1. The minimum atomic E-state index is -3.38. The molecule has 0 N–H and O–H groups in total. The number of carbonyl (C=O) groups is 1. The van der Waals surface area contributed by atoms with Gasteiger partial charge in [0.15, 0.2) is 0 Å². The predicted molar refractivity (Wildman–Crippen MR) is 126 cm³/mol. The van der Waals surface area contributed by atoms with Gasteiger partial charge in [-0.1, -0.05) is 37.6 Å². The molecule has 1 aromatic heterocycles. The summed E-state index contributed by atoms with van der Waals surface area (Å²) < 4.78 is 29.0. The maximum Gasteiger partial charge on any atom is 0.324 e. The molecule has 1 unspecified atom stereocenters. The normalized spacial score (nSPS) is 18.7. The molecule has 4 rings (SSSR count). The van der Waals surface area contributed by atoms with E-state index in [4.69, 9.17) is 9.26 Å². The van der Waals surface area contributed by atoms with Crippen molar-refractivity contribution in [2.75, 3.05) is 13.2 Å². The average Bonchev–Trinajstić information content (AvgIpc) is 3.44. The van der Waals surface area contributed by atoms with Crippen LogP contribution in [-0.4, -0.2) is 29.8 Å². The molecule has 3 aromatic rings. The van der Waals surface area contributed by atoms with Gasteiger partial charge in [-0.3, -0.25) is 9.36 Å². The van der Waals surface area contributed by atoms with Gasteiger partial charge in [0.2, 0.25) is 0 Å². The minimum Gasteiger partial charge on any atom is -0.465 e. The van der Waals surface area contributed by atoms with Crippen LogP contribution in [0.25, 0.3) is 10.1 Å². The Balaban J connectivity index is 1.62. The van der Waals surface area contributed by atoms with Crippen LogP contribution >= 0.6 is 18.9 Å². The number of para-hydroxylation sites is 1. The van der Waals surface area contributed by atoms with Gasteiger partial charge in [-0.05, 0) is 65.9 Å². The lowest BCUT2D eigenvalue weighted by Gasteiger charge is -2.31. The van der Waals surface area contributed by atoms with E-state index in [9.17, 15) is 9.36 Å². The van der Waals surface area contributed by atoms with Crippen LogP contribution in [0.15, 0.2) is 60.0 Å². The zero-order valence-corrected chi connectivity index (χ0v) is 19.4. The van der Waals surface area contributed by atoms with E-state index in [2.05, 4.69) is 30.5 Å². The summed E-state index contributed by atoms with van der Waals surface area (Å²) in [4.78, 5) is 12.8. The van der Waals surface area contributed by atoms with E-state index in [1.54, 1.807) is 28.1 Å². The number of rotatable bonds is 9. The third-order valence-electron chi connectivity index (χ3n) is 5.52. The summed E-state index contributed by atoms with van der Waals surface area (Å²) in [5.41, 5.74) is 0.940. The van der Waals surface area contributed by atoms with Gasteiger partial charge >= 0.3 is 13.5 Å². The van der Waals surface area contributed by atoms with Gasteiger partial charge in [-0.25, -0.2) is 4.67 Å². The number of hydrogen-bond donors (Lipinski definition) is 0. The first-order chi connectivity index (χ1) is 15.1. The van der Waals surface area contributed by atoms with Crippen molar-refractivity contribution >= 4 is 34.9 Å². The van der Waals surface area contributed by atoms with Crippen molar-refractivity contribution in [2.45, 2.75) is 44.8 Å². The largest absolute Gasteiger partial charge is 0.465 e. The van der Waals surface area contributed by atoms with Crippen LogP contribution in [0, 0.1) is 0 Å². The van der Waals surface area contributed by atoms with Crippen LogP contribution in [0.1, 0.15) is 38.2 Å². The zero-order chi connectivity index (χ0) is 21.7. The number of esters is 1. The summed E-state index contributed by atoms with van der Waals surface area (Å²) in [5, 5.41) is 3.18. The minimum absolute atomic E-state index is 0.242. The Bertz CT molecular complexity index is 1070. The van der Waals surface area contributed by atoms with Crippen LogP contribution in [0.4, 0.5) is 0 Å². The van der Waals surface area contributed by atoms with Crippen LogP contribution in [0.2, 0.25) is 0 Å². The van der Waals surface area contributed by atoms with Gasteiger partial charge in [-0.2, -0.15) is 0 Å². The van der Waals surface area contributed by atoms with E-state index in [0.29, 0.717) is 25.3 Å². The second-order valence-electron chi connectivity index (χ2n) is 7.83. The molecule has 2 aromatic carbocycles. The number of benzene rings is 2. The van der Waals surface area contributed by atoms with E-state index < -0.39 is 13.6 Å². The van der Waals surface area contributed by atoms with Crippen molar-refractivity contribution in [3.8, 4) is 5.75 Å². The highest BCUT2D eigenvalue weighted by molar-refractivity contribution is 7.56. The van der Waals surface area contributed by atoms with Crippen LogP contribution < -0.4 is 4.52 Å². The summed E-state index contributed by atoms with van der Waals surface area (Å²) >= 11 is 1.68. The molecule has 0 amide bonds. The molecule has 2 atom stereocenters. The fourth-order valence-corrected chi connectivity index (χ4v) is 7.25. The molecular weight excluding hydrogens is 429 g/mol. The predicted octanol–water partition coefficient (Wildman–Crippen LogP) is 6.48. The Morgan fingerprint density at radius 3 is 2.84 bits per heavy atom. The summed E-state index contributed by atoms with van der Waals surface area (Å²) in [5.74, 6) is 0.253. The fourth-order valence-electron chi connectivity index (χ4n) is 3.94. The highest BCUT2D eigenvalue weighted by Gasteiger charge is 2.45. The van der Waals surface area contributed by atoms with Gasteiger partial charge < -0.3 is 9.26 Å². The van der Waals surface area contributed by atoms with E-state index >= 15 is 0 Å². The molecule has 1 aliphatic heterocycles. The van der Waals surface area contributed by atoms with Gasteiger partial charge in [0.25, 0.3) is 0 Å². The van der Waals surface area contributed by atoms with Crippen LogP contribution in [0.3, 0.4) is 0 Å². The van der Waals surface area contributed by atoms with Gasteiger partial charge in [0.1, 0.15) is 11.8 Å². The number of fused-ring (bicyclic) bond motifs is 1. The first kappa shape index (κ1) is 22.1. The Hall–Kier alpha value is -2.14. The van der Waals surface area contributed by atoms with E-state index in [1.165, 1.54) is 4.70 Å². The third-order valence-corrected chi connectivity index (χ3v) is 8.94. The lowest BCUT2D eigenvalue weighted by Crippen LogP contribution is -2.37. The molecular formula is C24H28NO4PS. The van der Waals surface area contributed by atoms with Crippen molar-refractivity contribution in [1.82, 2.24) is 4.67 Å². The molecule has 7 heteroatoms. The first-order valence-electron chi connectivity index (χ1n) is 10.8. The van der Waals surface area contributed by atoms with Crippen molar-refractivity contribution in [1.29, 1.82) is 0 Å². The summed E-state index contributed by atoms with van der Waals surface area (Å²) in [7, 11) is -3.38. The standard InChI is InChI=1S/C24H28NO4PS/c1-2-3-15-28-24(26)22-10-7-14-25(22)30(27,29-21-8-5-4-6-9-21)18-19-11-12-23-20(17-19)13-16-31-23/h4-6,8-9,11-13,16-17,22H,2-3,7,10,14-15,18H2,1H3/t22-,30?/m0/s1. The number of carbonyl (C=O) groups excluding carboxylic acids is 1. The molecule has 0 bridgehead atoms. The second-order valence-corrected chi connectivity index (χ2v) is 11.1. The Morgan fingerprint density at radius 2 is 2.03 bits per heavy atom. The first-order valence-corrected chi connectivity index (χ1v) is 13.5. The molecule has 1 aliphatic rings. The summed E-state index contributed by atoms with van der Waals surface area (Å²) in [6.07, 6.45) is 3.46. The van der Waals surface area contributed by atoms with Gasteiger partial charge in [0.05, 0.1) is 12.8 Å². The van der Waals surface area contributed by atoms with Crippen molar-refractivity contribution in [3.63, 3.8) is 0 Å². The highest BCUT2D eigenvalue weighted by Crippen LogP contribution is 2.57. The van der Waals surface area contributed by atoms with Crippen molar-refractivity contribution in [2.24, 2.45) is 0 Å². The monoisotopic (exact) mass is 457 g/mol. The molecule has 0 radical (unpaired) electrons. The number of unbranched alkanes of at least 4 members (excludes halogenated alkanes) is 1. The third kappa shape index (κ3) is 5.20. The Kier molecular flexibility index (Phi) is 7.11. The van der Waals surface area contributed by atoms with E-state index in [1.807, 2.05) is 24.3 Å². The van der Waals surface area contributed by atoms with Crippen LogP contribution in [-0.2, 0) is 20.3 Å². The maximum absolute atomic E-state index is 14.4. The van der Waals surface area contributed by atoms with E-state index in [0.717, 1.165) is 30.2 Å². The molecule has 0 aliphatic carbocycles. The SMILES string of the molecule is CCCCOC(=O)[C@@H]1CCCN1P(=O)(Cc1ccc2sccc2c1)Oc1ccccc1. The Morgan fingerprint density at radius 1 is 1.19 bits per heavy atom. The lowest BCUT2D eigenvalue weighted by atomic mass is 10.2. The molecule has 5 nitrogen and oxygen atoms in total. The molecule has 31 heavy (non-hydrogen) atoms. The summed E-state index contributed by atoms with van der Waals surface area (Å²) in [6.45, 7) is 3.01. The quantitative estimate of drug-likeness (QED) is 0.209. The van der Waals surface area contributed by atoms with Crippen LogP contribution in [0.5, 0.6) is 5.75 Å². The smallest absolute Gasteiger partial charge is 0.324 e.